The van der Waals surface area contributed by atoms with Crippen LogP contribution in [-0.2, 0) is 22.3 Å². The molecule has 1 N–H and O–H groups in total. The van der Waals surface area contributed by atoms with Crippen molar-refractivity contribution in [3.8, 4) is 0 Å². The molecule has 4 aromatic rings. The lowest BCUT2D eigenvalue weighted by atomic mass is 10.0. The Labute approximate surface area is 284 Å². The number of ether oxygens (including phenoxy) is 1. The highest BCUT2D eigenvalue weighted by molar-refractivity contribution is 6.83. The maximum atomic E-state index is 7.48. The summed E-state index contributed by atoms with van der Waals surface area (Å²) in [5, 5.41) is 0.154. The average Bonchev–Trinajstić information content (AvgIpc) is 3.58. The van der Waals surface area contributed by atoms with Gasteiger partial charge in [0.2, 0.25) is 0 Å². The Bertz CT molecular complexity index is 1570. The van der Waals surface area contributed by atoms with Crippen molar-refractivity contribution in [3.63, 3.8) is 0 Å². The van der Waals surface area contributed by atoms with Gasteiger partial charge >= 0.3 is 0 Å². The van der Waals surface area contributed by atoms with Crippen LogP contribution >= 0.6 is 0 Å². The molecule has 0 radical (unpaired) electrons. The van der Waals surface area contributed by atoms with Crippen molar-refractivity contribution in [2.45, 2.75) is 129 Å². The van der Waals surface area contributed by atoms with E-state index in [1.54, 1.807) is 6.33 Å². The topological polar surface area (TPSA) is 77.3 Å². The van der Waals surface area contributed by atoms with Crippen LogP contribution in [0.1, 0.15) is 72.2 Å². The summed E-state index contributed by atoms with van der Waals surface area (Å²) in [5.41, 5.74) is 4.09. The van der Waals surface area contributed by atoms with Gasteiger partial charge in [-0.3, -0.25) is 9.47 Å². The minimum Gasteiger partial charge on any atom is -0.408 e. The number of hydrogen-bond donors (Lipinski definition) is 1. The van der Waals surface area contributed by atoms with Gasteiger partial charge in [-0.25, -0.2) is 15.0 Å². The standard InChI is InChI=1S/C37H56N6O2Si2/c1-12-29-31(42(23-27-19-15-13-16-20-27)24-28-21-17-14-18-22-28)32(45-47(10,11)37(5,6)7)35(44-29)43-26-40-30-33(38-25-39-34(30)43)41-46(8,9)36(2,3)4/h13-22,25-26,29,31-32,35H,12,23-24H2,1-11H3,(H,38,39,41)/t29-,31+,32?,35-/m1/s1. The molecule has 1 fully saturated rings. The van der Waals surface area contributed by atoms with Gasteiger partial charge in [-0.05, 0) is 40.7 Å². The molecule has 0 spiro atoms. The minimum atomic E-state index is -2.25. The Hall–Kier alpha value is -2.90. The van der Waals surface area contributed by atoms with E-state index in [1.807, 2.05) is 6.33 Å². The number of rotatable bonds is 11. The lowest BCUT2D eigenvalue weighted by molar-refractivity contribution is -0.0323. The van der Waals surface area contributed by atoms with Crippen molar-refractivity contribution in [2.24, 2.45) is 0 Å². The molecule has 2 aromatic heterocycles. The molecule has 0 bridgehead atoms. The first kappa shape index (κ1) is 35.4. The van der Waals surface area contributed by atoms with E-state index in [9.17, 15) is 0 Å². The predicted molar refractivity (Wildman–Crippen MR) is 198 cm³/mol. The molecule has 0 aliphatic carbocycles. The van der Waals surface area contributed by atoms with E-state index in [-0.39, 0.29) is 28.3 Å². The van der Waals surface area contributed by atoms with Crippen LogP contribution in [0.5, 0.6) is 0 Å². The third kappa shape index (κ3) is 7.57. The molecule has 1 aliphatic rings. The molecule has 1 unspecified atom stereocenters. The van der Waals surface area contributed by atoms with Gasteiger partial charge in [0.15, 0.2) is 28.4 Å². The lowest BCUT2D eigenvalue weighted by Crippen LogP contribution is -2.53. The van der Waals surface area contributed by atoms with Crippen LogP contribution in [0.2, 0.25) is 36.3 Å². The molecule has 1 saturated heterocycles. The largest absolute Gasteiger partial charge is 0.408 e. The number of benzene rings is 2. The smallest absolute Gasteiger partial charge is 0.192 e. The van der Waals surface area contributed by atoms with Gasteiger partial charge < -0.3 is 14.1 Å². The molecule has 5 rings (SSSR count). The molecule has 0 amide bonds. The fourth-order valence-corrected chi connectivity index (χ4v) is 8.32. The van der Waals surface area contributed by atoms with E-state index in [1.165, 1.54) is 11.1 Å². The van der Waals surface area contributed by atoms with Crippen LogP contribution < -0.4 is 4.98 Å². The van der Waals surface area contributed by atoms with Crippen LogP contribution in [0.25, 0.3) is 11.2 Å². The SMILES string of the molecule is CC[C@H]1O[C@@H](n2cnc3c(N[Si](C)(C)C(C)(C)C)ncnc32)C(O[Si](C)(C)C(C)(C)C)[C@H]1N(Cc1ccccc1)Cc1ccccc1. The summed E-state index contributed by atoms with van der Waals surface area (Å²) in [6, 6.07) is 21.5. The Morgan fingerprint density at radius 1 is 0.830 bits per heavy atom. The zero-order valence-corrected chi connectivity index (χ0v) is 32.4. The summed E-state index contributed by atoms with van der Waals surface area (Å²) in [6.45, 7) is 27.0. The molecule has 10 heteroatoms. The van der Waals surface area contributed by atoms with E-state index >= 15 is 0 Å². The second-order valence-corrected chi connectivity index (χ2v) is 26.0. The summed E-state index contributed by atoms with van der Waals surface area (Å²) in [6.07, 6.45) is 3.72. The molecule has 2 aromatic carbocycles. The number of aromatic nitrogens is 4. The van der Waals surface area contributed by atoms with E-state index < -0.39 is 22.8 Å². The van der Waals surface area contributed by atoms with Gasteiger partial charge in [-0.1, -0.05) is 122 Å². The van der Waals surface area contributed by atoms with E-state index in [0.717, 1.165) is 36.5 Å². The van der Waals surface area contributed by atoms with E-state index in [0.29, 0.717) is 0 Å². The molecule has 0 saturated carbocycles. The van der Waals surface area contributed by atoms with Crippen LogP contribution in [0.3, 0.4) is 0 Å². The number of nitrogens with zero attached hydrogens (tertiary/aromatic N) is 5. The monoisotopic (exact) mass is 672 g/mol. The van der Waals surface area contributed by atoms with Crippen molar-refractivity contribution < 1.29 is 9.16 Å². The van der Waals surface area contributed by atoms with Crippen molar-refractivity contribution in [2.75, 3.05) is 4.98 Å². The van der Waals surface area contributed by atoms with Crippen molar-refractivity contribution >= 4 is 33.5 Å². The van der Waals surface area contributed by atoms with Gasteiger partial charge in [0.05, 0.1) is 18.5 Å². The molecule has 3 heterocycles. The van der Waals surface area contributed by atoms with E-state index in [2.05, 4.69) is 155 Å². The van der Waals surface area contributed by atoms with Crippen molar-refractivity contribution in [1.82, 2.24) is 24.4 Å². The average molecular weight is 673 g/mol. The Morgan fingerprint density at radius 2 is 1.40 bits per heavy atom. The van der Waals surface area contributed by atoms with Crippen LogP contribution in [-0.4, -0.2) is 59.2 Å². The lowest BCUT2D eigenvalue weighted by Gasteiger charge is -2.43. The number of fused-ring (bicyclic) bond motifs is 1. The fourth-order valence-electron chi connectivity index (χ4n) is 5.88. The van der Waals surface area contributed by atoms with Crippen molar-refractivity contribution in [1.29, 1.82) is 0 Å². The van der Waals surface area contributed by atoms with E-state index in [4.69, 9.17) is 19.1 Å². The van der Waals surface area contributed by atoms with Crippen LogP contribution in [0.4, 0.5) is 5.82 Å². The highest BCUT2D eigenvalue weighted by Crippen LogP contribution is 2.45. The Morgan fingerprint density at radius 3 is 1.91 bits per heavy atom. The minimum absolute atomic E-state index is 0.00338. The molecular weight excluding hydrogens is 617 g/mol. The molecular formula is C37H56N6O2Si2. The summed E-state index contributed by atoms with van der Waals surface area (Å²) >= 11 is 0. The quantitative estimate of drug-likeness (QED) is 0.159. The highest BCUT2D eigenvalue weighted by atomic mass is 28.4. The Balaban J connectivity index is 1.61. The number of nitrogens with one attached hydrogen (secondary N) is 1. The van der Waals surface area contributed by atoms with Crippen LogP contribution in [0.15, 0.2) is 73.3 Å². The summed E-state index contributed by atoms with van der Waals surface area (Å²) < 4.78 is 16.7. The fraction of sp³-hybridized carbons (Fsp3) is 0.541. The zero-order valence-electron chi connectivity index (χ0n) is 30.4. The first-order valence-corrected chi connectivity index (χ1v) is 23.0. The second kappa shape index (κ2) is 13.5. The predicted octanol–water partition coefficient (Wildman–Crippen LogP) is 9.01. The summed E-state index contributed by atoms with van der Waals surface area (Å²) in [4.78, 5) is 20.8. The maximum absolute atomic E-state index is 7.48. The highest BCUT2D eigenvalue weighted by Gasteiger charge is 2.52. The van der Waals surface area contributed by atoms with Gasteiger partial charge in [-0.2, -0.15) is 0 Å². The summed E-state index contributed by atoms with van der Waals surface area (Å²) in [7, 11) is -4.16. The molecule has 4 atom stereocenters. The first-order chi connectivity index (χ1) is 22.0. The number of imidazole rings is 1. The maximum Gasteiger partial charge on any atom is 0.192 e. The third-order valence-corrected chi connectivity index (χ3v) is 19.9. The van der Waals surface area contributed by atoms with Gasteiger partial charge in [0, 0.05) is 13.1 Å². The molecule has 8 nitrogen and oxygen atoms in total. The normalized spacial score (nSPS) is 21.1. The molecule has 254 valence electrons. The number of anilines is 1. The summed E-state index contributed by atoms with van der Waals surface area (Å²) in [5.74, 6) is 0.790. The van der Waals surface area contributed by atoms with Gasteiger partial charge in [0.25, 0.3) is 0 Å². The number of hydrogen-bond acceptors (Lipinski definition) is 7. The zero-order chi connectivity index (χ0) is 34.2. The molecule has 1 aliphatic heterocycles. The van der Waals surface area contributed by atoms with Crippen molar-refractivity contribution in [3.05, 3.63) is 84.4 Å². The van der Waals surface area contributed by atoms with Gasteiger partial charge in [0.1, 0.15) is 23.8 Å². The third-order valence-electron chi connectivity index (χ3n) is 10.8. The van der Waals surface area contributed by atoms with Gasteiger partial charge in [-0.15, -0.1) is 0 Å². The second-order valence-electron chi connectivity index (χ2n) is 16.2. The first-order valence-electron chi connectivity index (χ1n) is 17.1. The molecule has 47 heavy (non-hydrogen) atoms. The van der Waals surface area contributed by atoms with Crippen LogP contribution in [0, 0.1) is 0 Å². The Kier molecular flexibility index (Phi) is 10.2.